The topological polar surface area (TPSA) is 53.5 Å². The normalized spacial score (nSPS) is 14.1. The summed E-state index contributed by atoms with van der Waals surface area (Å²) < 4.78 is 1.02. The van der Waals surface area contributed by atoms with Crippen molar-refractivity contribution >= 4 is 49.3 Å². The molecule has 0 saturated carbocycles. The summed E-state index contributed by atoms with van der Waals surface area (Å²) in [4.78, 5) is 33.8. The van der Waals surface area contributed by atoms with Gasteiger partial charge in [0, 0.05) is 18.5 Å². The third kappa shape index (κ3) is 3.36. The summed E-state index contributed by atoms with van der Waals surface area (Å²) in [6, 6.07) is 21.5. The van der Waals surface area contributed by atoms with Crippen LogP contribution >= 0.6 is 11.3 Å². The van der Waals surface area contributed by atoms with E-state index in [1.807, 2.05) is 66.7 Å². The highest BCUT2D eigenvalue weighted by atomic mass is 32.1. The average Bonchev–Trinajstić information content (AvgIpc) is 3.36. The Kier molecular flexibility index (Phi) is 4.48. The van der Waals surface area contributed by atoms with E-state index in [1.54, 1.807) is 9.80 Å². The molecule has 29 heavy (non-hydrogen) atoms. The van der Waals surface area contributed by atoms with Crippen molar-refractivity contribution < 1.29 is 9.59 Å². The number of hydrogen-bond donors (Lipinski definition) is 0. The minimum atomic E-state index is -0.144. The molecule has 0 unspecified atom stereocenters. The maximum Gasteiger partial charge on any atom is 0.261 e. The number of nitrogens with zero attached hydrogens (tertiary/aromatic N) is 3. The van der Waals surface area contributed by atoms with E-state index in [0.29, 0.717) is 23.7 Å². The lowest BCUT2D eigenvalue weighted by Crippen LogP contribution is -2.42. The highest BCUT2D eigenvalue weighted by Crippen LogP contribution is 2.30. The van der Waals surface area contributed by atoms with Crippen molar-refractivity contribution in [2.24, 2.45) is 0 Å². The maximum atomic E-state index is 13.5. The summed E-state index contributed by atoms with van der Waals surface area (Å²) >= 11 is 1.47. The van der Waals surface area contributed by atoms with Crippen molar-refractivity contribution in [1.29, 1.82) is 0 Å². The first-order valence-electron chi connectivity index (χ1n) is 9.63. The quantitative estimate of drug-likeness (QED) is 0.499. The molecule has 4 aromatic rings. The van der Waals surface area contributed by atoms with E-state index in [4.69, 9.17) is 0 Å². The molecule has 0 aliphatic carbocycles. The summed E-state index contributed by atoms with van der Waals surface area (Å²) in [5.74, 6) is -0.0584. The minimum absolute atomic E-state index is 0.0856. The van der Waals surface area contributed by atoms with Gasteiger partial charge in [-0.3, -0.25) is 14.5 Å². The lowest BCUT2D eigenvalue weighted by molar-refractivity contribution is -0.127. The standard InChI is InChI=1S/C23H19N3O2S/c27-21-10-5-13-25(21)15-26(23-24-19-8-3-4-9-20(19)29-23)22(28)18-12-11-16-6-1-2-7-17(16)14-18/h1-4,6-9,11-12,14H,5,10,13,15H2. The molecule has 0 N–H and O–H groups in total. The Balaban J connectivity index is 1.55. The van der Waals surface area contributed by atoms with Gasteiger partial charge < -0.3 is 4.90 Å². The van der Waals surface area contributed by atoms with Crippen LogP contribution in [0.4, 0.5) is 5.13 Å². The Hall–Kier alpha value is -3.25. The fraction of sp³-hybridized carbons (Fsp3) is 0.174. The number of likely N-dealkylation sites (tertiary alicyclic amines) is 1. The monoisotopic (exact) mass is 401 g/mol. The highest BCUT2D eigenvalue weighted by Gasteiger charge is 2.28. The van der Waals surface area contributed by atoms with Crippen LogP contribution in [0.3, 0.4) is 0 Å². The van der Waals surface area contributed by atoms with Crippen LogP contribution in [-0.4, -0.2) is 34.9 Å². The second kappa shape index (κ2) is 7.29. The summed E-state index contributed by atoms with van der Waals surface area (Å²) in [7, 11) is 0. The number of rotatable bonds is 4. The van der Waals surface area contributed by atoms with Gasteiger partial charge in [-0.2, -0.15) is 0 Å². The molecule has 1 aliphatic heterocycles. The van der Waals surface area contributed by atoms with Crippen LogP contribution < -0.4 is 4.90 Å². The Morgan fingerprint density at radius 1 is 1.03 bits per heavy atom. The van der Waals surface area contributed by atoms with Gasteiger partial charge in [-0.25, -0.2) is 4.98 Å². The lowest BCUT2D eigenvalue weighted by atomic mass is 10.1. The van der Waals surface area contributed by atoms with Crippen LogP contribution in [0.1, 0.15) is 23.2 Å². The number of para-hydroxylation sites is 1. The number of fused-ring (bicyclic) bond motifs is 2. The van der Waals surface area contributed by atoms with Crippen molar-refractivity contribution in [3.05, 3.63) is 72.3 Å². The molecule has 144 valence electrons. The number of carbonyl (C=O) groups is 2. The van der Waals surface area contributed by atoms with Gasteiger partial charge in [0.15, 0.2) is 5.13 Å². The molecule has 0 spiro atoms. The molecule has 3 aromatic carbocycles. The van der Waals surface area contributed by atoms with Crippen LogP contribution in [0.5, 0.6) is 0 Å². The average molecular weight is 401 g/mol. The molecular formula is C23H19N3O2S. The molecule has 1 aliphatic rings. The Morgan fingerprint density at radius 3 is 2.62 bits per heavy atom. The van der Waals surface area contributed by atoms with Crippen molar-refractivity contribution in [2.75, 3.05) is 18.1 Å². The zero-order chi connectivity index (χ0) is 19.8. The second-order valence-electron chi connectivity index (χ2n) is 7.16. The summed E-state index contributed by atoms with van der Waals surface area (Å²) in [5, 5.41) is 2.72. The first-order chi connectivity index (χ1) is 14.2. The third-order valence-corrected chi connectivity index (χ3v) is 6.30. The molecule has 1 fully saturated rings. The van der Waals surface area contributed by atoms with E-state index in [1.165, 1.54) is 11.3 Å². The molecule has 5 rings (SSSR count). The first kappa shape index (κ1) is 17.8. The molecular weight excluding hydrogens is 382 g/mol. The number of benzene rings is 3. The van der Waals surface area contributed by atoms with Gasteiger partial charge in [0.2, 0.25) is 5.91 Å². The molecule has 1 aromatic heterocycles. The largest absolute Gasteiger partial charge is 0.324 e. The molecule has 6 heteroatoms. The number of carbonyl (C=O) groups excluding carboxylic acids is 2. The van der Waals surface area contributed by atoms with Gasteiger partial charge in [0.05, 0.1) is 10.2 Å². The van der Waals surface area contributed by atoms with Crippen LogP contribution in [0, 0.1) is 0 Å². The number of aromatic nitrogens is 1. The van der Waals surface area contributed by atoms with Gasteiger partial charge in [-0.1, -0.05) is 53.8 Å². The van der Waals surface area contributed by atoms with Gasteiger partial charge >= 0.3 is 0 Å². The zero-order valence-electron chi connectivity index (χ0n) is 15.7. The smallest absolute Gasteiger partial charge is 0.261 e. The summed E-state index contributed by atoms with van der Waals surface area (Å²) in [6.45, 7) is 0.898. The van der Waals surface area contributed by atoms with Gasteiger partial charge in [-0.05, 0) is 41.5 Å². The van der Waals surface area contributed by atoms with Gasteiger partial charge in [0.1, 0.15) is 6.67 Å². The Labute approximate surface area is 172 Å². The predicted molar refractivity (Wildman–Crippen MR) is 116 cm³/mol. The fourth-order valence-electron chi connectivity index (χ4n) is 3.69. The van der Waals surface area contributed by atoms with Gasteiger partial charge in [-0.15, -0.1) is 0 Å². The molecule has 1 saturated heterocycles. The number of amides is 2. The third-order valence-electron chi connectivity index (χ3n) is 5.24. The van der Waals surface area contributed by atoms with E-state index < -0.39 is 0 Å². The molecule has 0 bridgehead atoms. The van der Waals surface area contributed by atoms with Crippen LogP contribution in [0.25, 0.3) is 21.0 Å². The van der Waals surface area contributed by atoms with Crippen LogP contribution in [-0.2, 0) is 4.79 Å². The van der Waals surface area contributed by atoms with Crippen molar-refractivity contribution in [1.82, 2.24) is 9.88 Å². The van der Waals surface area contributed by atoms with E-state index in [0.717, 1.165) is 27.4 Å². The number of anilines is 1. The van der Waals surface area contributed by atoms with Crippen molar-refractivity contribution in [2.45, 2.75) is 12.8 Å². The molecule has 2 amide bonds. The molecule has 2 heterocycles. The predicted octanol–water partition coefficient (Wildman–Crippen LogP) is 4.68. The van der Waals surface area contributed by atoms with E-state index in [9.17, 15) is 9.59 Å². The highest BCUT2D eigenvalue weighted by molar-refractivity contribution is 7.22. The summed E-state index contributed by atoms with van der Waals surface area (Å²) in [6.07, 6.45) is 1.37. The van der Waals surface area contributed by atoms with Crippen LogP contribution in [0.15, 0.2) is 66.7 Å². The van der Waals surface area contributed by atoms with E-state index in [2.05, 4.69) is 4.98 Å². The second-order valence-corrected chi connectivity index (χ2v) is 8.17. The minimum Gasteiger partial charge on any atom is -0.324 e. The SMILES string of the molecule is O=C1CCCN1CN(C(=O)c1ccc2ccccc2c1)c1nc2ccccc2s1. The summed E-state index contributed by atoms with van der Waals surface area (Å²) in [5.41, 5.74) is 1.45. The molecule has 0 atom stereocenters. The van der Waals surface area contributed by atoms with Crippen molar-refractivity contribution in [3.63, 3.8) is 0 Å². The molecule has 0 radical (unpaired) electrons. The zero-order valence-corrected chi connectivity index (χ0v) is 16.6. The number of hydrogen-bond acceptors (Lipinski definition) is 4. The Morgan fingerprint density at radius 2 is 1.83 bits per heavy atom. The first-order valence-corrected chi connectivity index (χ1v) is 10.4. The lowest BCUT2D eigenvalue weighted by Gasteiger charge is -2.26. The van der Waals surface area contributed by atoms with E-state index >= 15 is 0 Å². The fourth-order valence-corrected chi connectivity index (χ4v) is 4.65. The maximum absolute atomic E-state index is 13.5. The number of thiazole rings is 1. The van der Waals surface area contributed by atoms with Gasteiger partial charge in [0.25, 0.3) is 5.91 Å². The van der Waals surface area contributed by atoms with Crippen molar-refractivity contribution in [3.8, 4) is 0 Å². The molecule has 5 nitrogen and oxygen atoms in total. The Bertz CT molecular complexity index is 1200. The van der Waals surface area contributed by atoms with Crippen LogP contribution in [0.2, 0.25) is 0 Å². The van der Waals surface area contributed by atoms with E-state index in [-0.39, 0.29) is 18.5 Å².